The van der Waals surface area contributed by atoms with Gasteiger partial charge in [0.15, 0.2) is 5.11 Å². The number of guanidine groups is 1. The van der Waals surface area contributed by atoms with Gasteiger partial charge in [-0.15, -0.1) is 0 Å². The van der Waals surface area contributed by atoms with E-state index < -0.39 is 0 Å². The molecule has 202 valence electrons. The predicted molar refractivity (Wildman–Crippen MR) is 158 cm³/mol. The number of aromatic nitrogens is 3. The molecule has 5 rings (SSSR count). The van der Waals surface area contributed by atoms with Crippen LogP contribution in [-0.2, 0) is 4.74 Å². The lowest BCUT2D eigenvalue weighted by atomic mass is 10.2. The van der Waals surface area contributed by atoms with Crippen LogP contribution in [0.25, 0.3) is 10.1 Å². The number of fused-ring (bicyclic) bond motifs is 1. The van der Waals surface area contributed by atoms with E-state index in [1.165, 1.54) is 10.1 Å². The first-order chi connectivity index (χ1) is 18.5. The summed E-state index contributed by atoms with van der Waals surface area (Å²) in [5, 5.41) is 8.34. The van der Waals surface area contributed by atoms with Gasteiger partial charge in [0, 0.05) is 62.6 Å². The van der Waals surface area contributed by atoms with Crippen molar-refractivity contribution >= 4 is 56.7 Å². The lowest BCUT2D eigenvalue weighted by Crippen LogP contribution is -2.51. The number of piperazine rings is 1. The van der Waals surface area contributed by atoms with Crippen molar-refractivity contribution in [2.75, 3.05) is 75.8 Å². The average molecular weight is 554 g/mol. The lowest BCUT2D eigenvalue weighted by Gasteiger charge is -2.36. The summed E-state index contributed by atoms with van der Waals surface area (Å²) in [4.78, 5) is 20.9. The van der Waals surface area contributed by atoms with Crippen LogP contribution >= 0.6 is 23.8 Å². The Morgan fingerprint density at radius 1 is 1.05 bits per heavy atom. The van der Waals surface area contributed by atoms with Crippen molar-refractivity contribution in [1.29, 1.82) is 0 Å². The number of hydrogen-bond acceptors (Lipinski definition) is 8. The summed E-state index contributed by atoms with van der Waals surface area (Å²) in [6.45, 7) is 12.6. The van der Waals surface area contributed by atoms with Crippen molar-refractivity contribution in [1.82, 2.24) is 29.5 Å². The van der Waals surface area contributed by atoms with Gasteiger partial charge in [0.2, 0.25) is 11.9 Å². The molecule has 0 unspecified atom stereocenters. The van der Waals surface area contributed by atoms with Gasteiger partial charge in [0.05, 0.1) is 17.9 Å². The fourth-order valence-electron chi connectivity index (χ4n) is 4.75. The molecule has 0 amide bonds. The van der Waals surface area contributed by atoms with Gasteiger partial charge in [-0.25, -0.2) is 9.97 Å². The largest absolute Gasteiger partial charge is 0.379 e. The van der Waals surface area contributed by atoms with Crippen LogP contribution in [0.5, 0.6) is 0 Å². The standard InChI is InChI=1S/C26H35N9OS2/c1-19-18-20(2)29-24(28-19)30-25(31-26(37)27-8-5-9-33-14-16-36-17-15-33)35-12-10-34(11-13-35)23-21-6-3-4-7-22(21)38-32-23/h3-4,6-7,18H,5,8-17H2,1-2H3,(H2,27,28,29,30,31,37). The van der Waals surface area contributed by atoms with E-state index in [0.717, 1.165) is 89.2 Å². The van der Waals surface area contributed by atoms with Gasteiger partial charge in [-0.1, -0.05) is 12.1 Å². The molecule has 0 saturated carbocycles. The molecule has 0 aliphatic carbocycles. The van der Waals surface area contributed by atoms with Crippen LogP contribution in [-0.4, -0.2) is 101 Å². The van der Waals surface area contributed by atoms with Gasteiger partial charge in [-0.3, -0.25) is 10.2 Å². The molecule has 2 saturated heterocycles. The zero-order valence-corrected chi connectivity index (χ0v) is 23.7. The highest BCUT2D eigenvalue weighted by Gasteiger charge is 2.24. The third-order valence-corrected chi connectivity index (χ3v) is 7.73. The smallest absolute Gasteiger partial charge is 0.229 e. The zero-order chi connectivity index (χ0) is 26.3. The Kier molecular flexibility index (Phi) is 8.94. The van der Waals surface area contributed by atoms with Crippen LogP contribution in [0.3, 0.4) is 0 Å². The molecule has 3 aromatic rings. The van der Waals surface area contributed by atoms with E-state index in [-0.39, 0.29) is 0 Å². The second kappa shape index (κ2) is 12.7. The summed E-state index contributed by atoms with van der Waals surface area (Å²) < 4.78 is 11.4. The molecule has 2 fully saturated rings. The first-order valence-corrected chi connectivity index (χ1v) is 14.3. The maximum Gasteiger partial charge on any atom is 0.229 e. The molecule has 2 aliphatic heterocycles. The van der Waals surface area contributed by atoms with E-state index in [1.807, 2.05) is 19.9 Å². The molecule has 4 heterocycles. The summed E-state index contributed by atoms with van der Waals surface area (Å²) >= 11 is 7.17. The number of hydrogen-bond donors (Lipinski definition) is 2. The Labute approximate surface area is 233 Å². The average Bonchev–Trinajstić information content (AvgIpc) is 3.35. The summed E-state index contributed by atoms with van der Waals surface area (Å²) in [7, 11) is 0. The van der Waals surface area contributed by atoms with Gasteiger partial charge in [0.25, 0.3) is 0 Å². The molecular weight excluding hydrogens is 518 g/mol. The molecule has 2 aliphatic rings. The molecule has 10 nitrogen and oxygen atoms in total. The minimum Gasteiger partial charge on any atom is -0.379 e. The molecule has 12 heteroatoms. The molecule has 2 aromatic heterocycles. The molecule has 0 spiro atoms. The van der Waals surface area contributed by atoms with Crippen molar-refractivity contribution in [3.8, 4) is 0 Å². The Hall–Kier alpha value is -2.93. The fraction of sp³-hybridized carbons (Fsp3) is 0.500. The number of nitrogens with one attached hydrogen (secondary N) is 2. The topological polar surface area (TPSA) is 94.0 Å². The first-order valence-electron chi connectivity index (χ1n) is 13.2. The zero-order valence-electron chi connectivity index (χ0n) is 22.0. The van der Waals surface area contributed by atoms with Crippen LogP contribution < -0.4 is 15.5 Å². The quantitative estimate of drug-likeness (QED) is 0.205. The molecule has 0 bridgehead atoms. The molecule has 1 aromatic carbocycles. The van der Waals surface area contributed by atoms with Crippen molar-refractivity contribution in [2.24, 2.45) is 4.99 Å². The third-order valence-electron chi connectivity index (χ3n) is 6.68. The molecule has 38 heavy (non-hydrogen) atoms. The third kappa shape index (κ3) is 6.93. The van der Waals surface area contributed by atoms with Crippen LogP contribution in [0, 0.1) is 13.8 Å². The highest BCUT2D eigenvalue weighted by Crippen LogP contribution is 2.29. The summed E-state index contributed by atoms with van der Waals surface area (Å²) in [6.07, 6.45) is 0.999. The van der Waals surface area contributed by atoms with Crippen molar-refractivity contribution in [2.45, 2.75) is 20.3 Å². The van der Waals surface area contributed by atoms with Gasteiger partial charge in [-0.2, -0.15) is 9.37 Å². The number of anilines is 2. The second-order valence-electron chi connectivity index (χ2n) is 9.55. The second-order valence-corrected chi connectivity index (χ2v) is 10.7. The van der Waals surface area contributed by atoms with E-state index >= 15 is 0 Å². The number of benzene rings is 1. The highest BCUT2D eigenvalue weighted by molar-refractivity contribution is 7.80. The number of rotatable bonds is 6. The Morgan fingerprint density at radius 2 is 1.79 bits per heavy atom. The van der Waals surface area contributed by atoms with E-state index in [1.54, 1.807) is 11.5 Å². The van der Waals surface area contributed by atoms with Crippen LogP contribution in [0.2, 0.25) is 0 Å². The molecule has 0 radical (unpaired) electrons. The summed E-state index contributed by atoms with van der Waals surface area (Å²) in [6, 6.07) is 10.4. The number of thiocarbonyl (C=S) groups is 1. The van der Waals surface area contributed by atoms with Crippen molar-refractivity contribution in [3.63, 3.8) is 0 Å². The van der Waals surface area contributed by atoms with E-state index in [4.69, 9.17) is 26.3 Å². The van der Waals surface area contributed by atoms with Crippen molar-refractivity contribution < 1.29 is 4.74 Å². The monoisotopic (exact) mass is 553 g/mol. The molecule has 2 N–H and O–H groups in total. The highest BCUT2D eigenvalue weighted by atomic mass is 32.1. The fourth-order valence-corrected chi connectivity index (χ4v) is 5.73. The van der Waals surface area contributed by atoms with E-state index in [0.29, 0.717) is 17.0 Å². The van der Waals surface area contributed by atoms with E-state index in [9.17, 15) is 0 Å². The molecule has 0 atom stereocenters. The van der Waals surface area contributed by atoms with Gasteiger partial charge < -0.3 is 19.9 Å². The van der Waals surface area contributed by atoms with Crippen LogP contribution in [0.1, 0.15) is 17.8 Å². The minimum absolute atomic E-state index is 0.465. The van der Waals surface area contributed by atoms with Gasteiger partial charge in [0.1, 0.15) is 5.82 Å². The van der Waals surface area contributed by atoms with Gasteiger partial charge >= 0.3 is 0 Å². The summed E-state index contributed by atoms with van der Waals surface area (Å²) in [5.74, 6) is 2.26. The number of morpholine rings is 1. The van der Waals surface area contributed by atoms with Crippen molar-refractivity contribution in [3.05, 3.63) is 41.7 Å². The molecular formula is C26H35N9OS2. The normalized spacial score (nSPS) is 17.2. The van der Waals surface area contributed by atoms with E-state index in [2.05, 4.69) is 59.6 Å². The number of ether oxygens (including phenoxy) is 1. The first kappa shape index (κ1) is 26.7. The maximum atomic E-state index is 5.62. The lowest BCUT2D eigenvalue weighted by molar-refractivity contribution is 0.0376. The number of aryl methyl sites for hydroxylation is 2. The predicted octanol–water partition coefficient (Wildman–Crippen LogP) is 2.89. The Balaban J connectivity index is 1.23. The van der Waals surface area contributed by atoms with Crippen LogP contribution in [0.15, 0.2) is 35.3 Å². The minimum atomic E-state index is 0.465. The SMILES string of the molecule is Cc1cc(C)nc(N/C(=N\C(=S)NCCCN2CCOCC2)N2CCN(c3nsc4ccccc34)CC2)n1. The summed E-state index contributed by atoms with van der Waals surface area (Å²) in [5.41, 5.74) is 1.81. The Bertz CT molecular complexity index is 1250. The van der Waals surface area contributed by atoms with Crippen LogP contribution in [0.4, 0.5) is 11.8 Å². The number of aliphatic imine (C=N–C) groups is 1. The Morgan fingerprint density at radius 3 is 2.55 bits per heavy atom. The number of nitrogens with zero attached hydrogens (tertiary/aromatic N) is 7. The maximum absolute atomic E-state index is 5.62. The van der Waals surface area contributed by atoms with Gasteiger partial charge in [-0.05, 0) is 68.8 Å².